The number of rotatable bonds is 4. The zero-order chi connectivity index (χ0) is 24.5. The molecule has 1 aliphatic heterocycles. The Hall–Kier alpha value is -3.65. The predicted molar refractivity (Wildman–Crippen MR) is 138 cm³/mol. The van der Waals surface area contributed by atoms with Gasteiger partial charge < -0.3 is 19.7 Å². The lowest BCUT2D eigenvalue weighted by atomic mass is 10.1. The first-order chi connectivity index (χ1) is 16.9. The first-order valence-electron chi connectivity index (χ1n) is 11.6. The van der Waals surface area contributed by atoms with Crippen LogP contribution in [0.25, 0.3) is 10.2 Å². The van der Waals surface area contributed by atoms with Gasteiger partial charge in [-0.25, -0.2) is 9.18 Å². The molecule has 1 N–H and O–H groups in total. The maximum atomic E-state index is 13.8. The highest BCUT2D eigenvalue weighted by Crippen LogP contribution is 2.28. The number of hydrogen-bond acceptors (Lipinski definition) is 3. The minimum Gasteiger partial charge on any atom is -0.334 e. The summed E-state index contributed by atoms with van der Waals surface area (Å²) >= 11 is 1.57. The molecule has 0 radical (unpaired) electrons. The predicted octanol–water partition coefficient (Wildman–Crippen LogP) is 5.58. The molecule has 8 heteroatoms. The summed E-state index contributed by atoms with van der Waals surface area (Å²) in [6.07, 6.45) is 0. The van der Waals surface area contributed by atoms with Crippen LogP contribution in [0.5, 0.6) is 0 Å². The third-order valence-corrected chi connectivity index (χ3v) is 7.46. The van der Waals surface area contributed by atoms with Crippen LogP contribution in [0.15, 0.2) is 66.0 Å². The molecule has 1 fully saturated rings. The van der Waals surface area contributed by atoms with E-state index < -0.39 is 0 Å². The van der Waals surface area contributed by atoms with Crippen molar-refractivity contribution in [2.24, 2.45) is 0 Å². The Morgan fingerprint density at radius 1 is 1.09 bits per heavy atom. The number of carbonyl (C=O) groups is 2. The summed E-state index contributed by atoms with van der Waals surface area (Å²) in [6, 6.07) is 17.8. The highest BCUT2D eigenvalue weighted by Gasteiger charge is 2.32. The smallest absolute Gasteiger partial charge is 0.322 e. The van der Waals surface area contributed by atoms with E-state index in [2.05, 4.69) is 5.32 Å². The van der Waals surface area contributed by atoms with Crippen molar-refractivity contribution in [1.29, 1.82) is 0 Å². The van der Waals surface area contributed by atoms with Crippen molar-refractivity contribution in [3.8, 4) is 0 Å². The van der Waals surface area contributed by atoms with Crippen molar-refractivity contribution in [1.82, 2.24) is 14.4 Å². The van der Waals surface area contributed by atoms with Crippen molar-refractivity contribution in [3.05, 3.63) is 88.7 Å². The molecule has 1 atom stereocenters. The van der Waals surface area contributed by atoms with E-state index in [-0.39, 0.29) is 23.8 Å². The van der Waals surface area contributed by atoms with Crippen molar-refractivity contribution in [2.45, 2.75) is 26.4 Å². The van der Waals surface area contributed by atoms with Gasteiger partial charge in [-0.1, -0.05) is 30.3 Å². The van der Waals surface area contributed by atoms with E-state index in [0.29, 0.717) is 31.9 Å². The molecule has 5 rings (SSSR count). The van der Waals surface area contributed by atoms with Crippen molar-refractivity contribution in [2.75, 3.05) is 25.0 Å². The summed E-state index contributed by atoms with van der Waals surface area (Å²) in [5.41, 5.74) is 3.18. The van der Waals surface area contributed by atoms with Gasteiger partial charge in [-0.2, -0.15) is 0 Å². The summed E-state index contributed by atoms with van der Waals surface area (Å²) in [7, 11) is 0. The number of hydrogen-bond donors (Lipinski definition) is 1. The highest BCUT2D eigenvalue weighted by atomic mass is 32.1. The molecule has 3 heterocycles. The Kier molecular flexibility index (Phi) is 6.30. The average Bonchev–Trinajstić information content (AvgIpc) is 3.43. The van der Waals surface area contributed by atoms with Crippen LogP contribution in [0.4, 0.5) is 14.9 Å². The molecular weight excluding hydrogens is 463 g/mol. The van der Waals surface area contributed by atoms with Crippen LogP contribution in [0.3, 0.4) is 0 Å². The van der Waals surface area contributed by atoms with Gasteiger partial charge in [0.05, 0.1) is 0 Å². The average molecular weight is 491 g/mol. The quantitative estimate of drug-likeness (QED) is 0.406. The Balaban J connectivity index is 1.33. The van der Waals surface area contributed by atoms with E-state index in [1.165, 1.54) is 12.1 Å². The second-order valence-electron chi connectivity index (χ2n) is 8.97. The van der Waals surface area contributed by atoms with Gasteiger partial charge in [-0.15, -0.1) is 11.3 Å². The first-order valence-corrected chi connectivity index (χ1v) is 12.5. The van der Waals surface area contributed by atoms with E-state index in [9.17, 15) is 14.0 Å². The van der Waals surface area contributed by atoms with Crippen LogP contribution in [0.2, 0.25) is 0 Å². The normalized spacial score (nSPS) is 16.0. The number of halogens is 1. The molecule has 180 valence electrons. The van der Waals surface area contributed by atoms with Gasteiger partial charge in [0.15, 0.2) is 0 Å². The van der Waals surface area contributed by atoms with E-state index >= 15 is 0 Å². The molecule has 1 unspecified atom stereocenters. The van der Waals surface area contributed by atoms with E-state index in [1.54, 1.807) is 22.3 Å². The van der Waals surface area contributed by atoms with Crippen LogP contribution >= 0.6 is 11.3 Å². The maximum Gasteiger partial charge on any atom is 0.322 e. The van der Waals surface area contributed by atoms with E-state index in [1.807, 2.05) is 71.2 Å². The number of urea groups is 1. The summed E-state index contributed by atoms with van der Waals surface area (Å²) in [5, 5.41) is 5.99. The molecule has 0 bridgehead atoms. The van der Waals surface area contributed by atoms with E-state index in [4.69, 9.17) is 0 Å². The molecule has 0 spiro atoms. The number of amides is 3. The summed E-state index contributed by atoms with van der Waals surface area (Å²) in [4.78, 5) is 31.1. The standard InChI is InChI=1S/C27H27FN4O2S/c1-18-6-3-4-9-23(18)29-27(34)31-12-11-30(16-19(31)2)25(33)24-15-21-10-13-35-26(21)32(24)17-20-7-5-8-22(28)14-20/h3-10,13-15,19H,11-12,16-17H2,1-2H3,(H,29,34). The number of benzene rings is 2. The van der Waals surface area contributed by atoms with Crippen molar-refractivity contribution in [3.63, 3.8) is 0 Å². The number of thiophene rings is 1. The summed E-state index contributed by atoms with van der Waals surface area (Å²) in [6.45, 7) is 5.67. The van der Waals surface area contributed by atoms with Crippen LogP contribution in [0, 0.1) is 12.7 Å². The summed E-state index contributed by atoms with van der Waals surface area (Å²) < 4.78 is 15.8. The third-order valence-electron chi connectivity index (χ3n) is 6.51. The van der Waals surface area contributed by atoms with Gasteiger partial charge in [-0.05, 0) is 60.7 Å². The lowest BCUT2D eigenvalue weighted by molar-refractivity contribution is 0.0583. The fourth-order valence-electron chi connectivity index (χ4n) is 4.63. The van der Waals surface area contributed by atoms with Crippen LogP contribution in [-0.4, -0.2) is 52.0 Å². The molecular formula is C27H27FN4O2S. The van der Waals surface area contributed by atoms with Crippen LogP contribution < -0.4 is 5.32 Å². The van der Waals surface area contributed by atoms with Gasteiger partial charge in [0.25, 0.3) is 5.91 Å². The van der Waals surface area contributed by atoms with Gasteiger partial charge in [0.1, 0.15) is 16.3 Å². The monoisotopic (exact) mass is 490 g/mol. The van der Waals surface area contributed by atoms with E-state index in [0.717, 1.165) is 27.0 Å². The summed E-state index contributed by atoms with van der Waals surface area (Å²) in [5.74, 6) is -0.366. The maximum absolute atomic E-state index is 13.8. The largest absolute Gasteiger partial charge is 0.334 e. The van der Waals surface area contributed by atoms with Crippen molar-refractivity contribution < 1.29 is 14.0 Å². The fourth-order valence-corrected chi connectivity index (χ4v) is 5.53. The topological polar surface area (TPSA) is 57.6 Å². The Morgan fingerprint density at radius 2 is 1.91 bits per heavy atom. The van der Waals surface area contributed by atoms with Gasteiger partial charge in [0.2, 0.25) is 0 Å². The zero-order valence-corrected chi connectivity index (χ0v) is 20.5. The van der Waals surface area contributed by atoms with Gasteiger partial charge >= 0.3 is 6.03 Å². The first kappa shape index (κ1) is 23.1. The number of aromatic nitrogens is 1. The molecule has 2 aromatic heterocycles. The number of aryl methyl sites for hydroxylation is 1. The molecule has 6 nitrogen and oxygen atoms in total. The molecule has 0 aliphatic carbocycles. The molecule has 0 saturated carbocycles. The fraction of sp³-hybridized carbons (Fsp3) is 0.259. The number of carbonyl (C=O) groups excluding carboxylic acids is 2. The molecule has 3 amide bonds. The highest BCUT2D eigenvalue weighted by molar-refractivity contribution is 7.16. The van der Waals surface area contributed by atoms with Crippen LogP contribution in [0.1, 0.15) is 28.5 Å². The second-order valence-corrected chi connectivity index (χ2v) is 9.86. The Bertz CT molecular complexity index is 1390. The number of fused-ring (bicyclic) bond motifs is 1. The number of nitrogens with one attached hydrogen (secondary N) is 1. The lowest BCUT2D eigenvalue weighted by Crippen LogP contribution is -2.56. The zero-order valence-electron chi connectivity index (χ0n) is 19.7. The molecule has 2 aromatic carbocycles. The minimum absolute atomic E-state index is 0.0735. The second kappa shape index (κ2) is 9.54. The molecule has 1 aliphatic rings. The Morgan fingerprint density at radius 3 is 2.69 bits per heavy atom. The Labute approximate surface area is 207 Å². The molecule has 1 saturated heterocycles. The lowest BCUT2D eigenvalue weighted by Gasteiger charge is -2.39. The van der Waals surface area contributed by atoms with Gasteiger partial charge in [0, 0.05) is 43.3 Å². The molecule has 4 aromatic rings. The minimum atomic E-state index is -0.293. The molecule has 35 heavy (non-hydrogen) atoms. The van der Waals surface area contributed by atoms with Crippen LogP contribution in [-0.2, 0) is 6.54 Å². The number of anilines is 1. The third kappa shape index (κ3) is 4.66. The number of piperazine rings is 1. The van der Waals surface area contributed by atoms with Crippen molar-refractivity contribution >= 4 is 39.2 Å². The number of nitrogens with zero attached hydrogens (tertiary/aromatic N) is 3. The number of para-hydroxylation sites is 1. The SMILES string of the molecule is Cc1ccccc1NC(=O)N1CCN(C(=O)c2cc3ccsc3n2Cc2cccc(F)c2)CC1C. The van der Waals surface area contributed by atoms with Gasteiger partial charge in [-0.3, -0.25) is 4.79 Å².